The molecule has 0 radical (unpaired) electrons. The van der Waals surface area contributed by atoms with Crippen LogP contribution in [0.5, 0.6) is 0 Å². The van der Waals surface area contributed by atoms with Gasteiger partial charge in [-0.2, -0.15) is 0 Å². The molecule has 0 atom stereocenters. The van der Waals surface area contributed by atoms with E-state index in [9.17, 15) is 9.59 Å². The molecule has 0 spiro atoms. The molecule has 2 aliphatic rings. The number of rotatable bonds is 4. The number of nitrogens with zero attached hydrogens (tertiary/aromatic N) is 1. The molecule has 1 saturated heterocycles. The van der Waals surface area contributed by atoms with Gasteiger partial charge < -0.3 is 15.0 Å². The van der Waals surface area contributed by atoms with Crippen molar-refractivity contribution < 1.29 is 14.3 Å². The average molecular weight is 323 g/mol. The molecule has 1 aliphatic heterocycles. The Bertz CT molecular complexity index is 581. The molecular formula is C16H19ClN2O3. The summed E-state index contributed by atoms with van der Waals surface area (Å²) in [5.74, 6) is -0.253. The maximum absolute atomic E-state index is 12.6. The third-order valence-electron chi connectivity index (χ3n) is 4.29. The Morgan fingerprint density at radius 1 is 1.23 bits per heavy atom. The Hall–Kier alpha value is -1.59. The molecule has 1 N–H and O–H groups in total. The van der Waals surface area contributed by atoms with Crippen LogP contribution in [-0.4, -0.2) is 43.0 Å². The van der Waals surface area contributed by atoms with Crippen molar-refractivity contribution in [3.63, 3.8) is 0 Å². The van der Waals surface area contributed by atoms with Gasteiger partial charge in [0.25, 0.3) is 0 Å². The van der Waals surface area contributed by atoms with Crippen LogP contribution >= 0.6 is 11.6 Å². The number of hydrogen-bond acceptors (Lipinski definition) is 3. The van der Waals surface area contributed by atoms with Gasteiger partial charge in [0.1, 0.15) is 5.41 Å². The van der Waals surface area contributed by atoms with Crippen molar-refractivity contribution in [3.8, 4) is 0 Å². The number of carbonyl (C=O) groups excluding carboxylic acids is 2. The van der Waals surface area contributed by atoms with E-state index in [0.29, 0.717) is 50.7 Å². The fourth-order valence-corrected chi connectivity index (χ4v) is 2.92. The summed E-state index contributed by atoms with van der Waals surface area (Å²) in [5, 5.41) is 3.48. The van der Waals surface area contributed by atoms with Crippen LogP contribution in [0.2, 0.25) is 5.02 Å². The van der Waals surface area contributed by atoms with Crippen molar-refractivity contribution in [1.82, 2.24) is 10.2 Å². The molecule has 2 amide bonds. The zero-order valence-electron chi connectivity index (χ0n) is 12.3. The minimum absolute atomic E-state index is 0.0625. The Kier molecular flexibility index (Phi) is 4.36. The largest absolute Gasteiger partial charge is 0.378 e. The lowest BCUT2D eigenvalue weighted by Gasteiger charge is -2.30. The summed E-state index contributed by atoms with van der Waals surface area (Å²) < 4.78 is 5.25. The summed E-state index contributed by atoms with van der Waals surface area (Å²) >= 11 is 6.08. The van der Waals surface area contributed by atoms with Gasteiger partial charge in [-0.1, -0.05) is 29.8 Å². The van der Waals surface area contributed by atoms with Crippen molar-refractivity contribution in [2.75, 3.05) is 26.3 Å². The van der Waals surface area contributed by atoms with Gasteiger partial charge in [-0.3, -0.25) is 9.59 Å². The van der Waals surface area contributed by atoms with E-state index in [1.54, 1.807) is 11.0 Å². The van der Waals surface area contributed by atoms with Gasteiger partial charge >= 0.3 is 0 Å². The van der Waals surface area contributed by atoms with E-state index in [0.717, 1.165) is 5.56 Å². The van der Waals surface area contributed by atoms with Gasteiger partial charge in [0.2, 0.25) is 11.8 Å². The minimum Gasteiger partial charge on any atom is -0.378 e. The van der Waals surface area contributed by atoms with E-state index in [1.165, 1.54) is 0 Å². The fraction of sp³-hybridized carbons (Fsp3) is 0.500. The summed E-state index contributed by atoms with van der Waals surface area (Å²) in [7, 11) is 0. The second-order valence-electron chi connectivity index (χ2n) is 5.76. The predicted octanol–water partition coefficient (Wildman–Crippen LogP) is 1.60. The van der Waals surface area contributed by atoms with E-state index >= 15 is 0 Å². The van der Waals surface area contributed by atoms with Crippen molar-refractivity contribution >= 4 is 23.4 Å². The Balaban J connectivity index is 1.61. The summed E-state index contributed by atoms with van der Waals surface area (Å²) in [5.41, 5.74) is -0.00867. The van der Waals surface area contributed by atoms with Gasteiger partial charge in [0.05, 0.1) is 13.2 Å². The lowest BCUT2D eigenvalue weighted by Crippen LogP contribution is -2.49. The highest BCUT2D eigenvalue weighted by atomic mass is 35.5. The number of carbonyl (C=O) groups is 2. The summed E-state index contributed by atoms with van der Waals surface area (Å²) in [6.45, 7) is 2.57. The highest BCUT2D eigenvalue weighted by Gasteiger charge is 2.57. The van der Waals surface area contributed by atoms with Crippen LogP contribution in [0.1, 0.15) is 18.4 Å². The van der Waals surface area contributed by atoms with E-state index in [1.807, 2.05) is 18.2 Å². The number of ether oxygens (including phenoxy) is 1. The SMILES string of the molecule is O=C(NCc1ccccc1Cl)C1(C(=O)N2CCOCC2)CC1. The molecule has 0 aromatic heterocycles. The standard InChI is InChI=1S/C16H19ClN2O3/c17-13-4-2-1-3-12(13)11-18-14(20)16(5-6-16)15(21)19-7-9-22-10-8-19/h1-4H,5-11H2,(H,18,20). The molecule has 6 heteroatoms. The first-order valence-electron chi connectivity index (χ1n) is 7.52. The van der Waals surface area contributed by atoms with Gasteiger partial charge in [0.15, 0.2) is 0 Å². The van der Waals surface area contributed by atoms with Crippen LogP contribution < -0.4 is 5.32 Å². The molecular weight excluding hydrogens is 304 g/mol. The van der Waals surface area contributed by atoms with Crippen LogP contribution in [0.25, 0.3) is 0 Å². The number of halogens is 1. The third kappa shape index (κ3) is 2.96. The lowest BCUT2D eigenvalue weighted by molar-refractivity contribution is -0.147. The van der Waals surface area contributed by atoms with Crippen LogP contribution in [-0.2, 0) is 20.9 Å². The van der Waals surface area contributed by atoms with Gasteiger partial charge in [0, 0.05) is 24.7 Å². The highest BCUT2D eigenvalue weighted by molar-refractivity contribution is 6.31. The lowest BCUT2D eigenvalue weighted by atomic mass is 10.0. The zero-order chi connectivity index (χ0) is 15.6. The topological polar surface area (TPSA) is 58.6 Å². The summed E-state index contributed by atoms with van der Waals surface area (Å²) in [6, 6.07) is 7.37. The highest BCUT2D eigenvalue weighted by Crippen LogP contribution is 2.47. The third-order valence-corrected chi connectivity index (χ3v) is 4.66. The number of nitrogens with one attached hydrogen (secondary N) is 1. The average Bonchev–Trinajstić information content (AvgIpc) is 3.36. The molecule has 1 aromatic rings. The fourth-order valence-electron chi connectivity index (χ4n) is 2.72. The van der Waals surface area contributed by atoms with Gasteiger partial charge in [-0.25, -0.2) is 0 Å². The maximum atomic E-state index is 12.6. The first-order valence-corrected chi connectivity index (χ1v) is 7.90. The quantitative estimate of drug-likeness (QED) is 0.857. The van der Waals surface area contributed by atoms with Crippen molar-refractivity contribution in [2.24, 2.45) is 5.41 Å². The number of hydrogen-bond donors (Lipinski definition) is 1. The van der Waals surface area contributed by atoms with E-state index in [-0.39, 0.29) is 11.8 Å². The second kappa shape index (κ2) is 6.26. The number of morpholine rings is 1. The minimum atomic E-state index is -0.863. The zero-order valence-corrected chi connectivity index (χ0v) is 13.1. The molecule has 118 valence electrons. The number of benzene rings is 1. The molecule has 0 bridgehead atoms. The van der Waals surface area contributed by atoms with Crippen LogP contribution in [0, 0.1) is 5.41 Å². The summed E-state index contributed by atoms with van der Waals surface area (Å²) in [6.07, 6.45) is 1.25. The predicted molar refractivity (Wildman–Crippen MR) is 82.4 cm³/mol. The first-order chi connectivity index (χ1) is 10.6. The molecule has 1 heterocycles. The molecule has 5 nitrogen and oxygen atoms in total. The summed E-state index contributed by atoms with van der Waals surface area (Å²) in [4.78, 5) is 26.8. The molecule has 0 unspecified atom stereocenters. The Morgan fingerprint density at radius 3 is 2.55 bits per heavy atom. The molecule has 1 saturated carbocycles. The monoisotopic (exact) mass is 322 g/mol. The number of amides is 2. The van der Waals surface area contributed by atoms with E-state index in [2.05, 4.69) is 5.32 Å². The van der Waals surface area contributed by atoms with Crippen molar-refractivity contribution in [1.29, 1.82) is 0 Å². The van der Waals surface area contributed by atoms with E-state index in [4.69, 9.17) is 16.3 Å². The van der Waals surface area contributed by atoms with Crippen LogP contribution in [0.3, 0.4) is 0 Å². The van der Waals surface area contributed by atoms with Crippen molar-refractivity contribution in [3.05, 3.63) is 34.9 Å². The molecule has 3 rings (SSSR count). The Morgan fingerprint density at radius 2 is 1.91 bits per heavy atom. The van der Waals surface area contributed by atoms with Crippen LogP contribution in [0.15, 0.2) is 24.3 Å². The van der Waals surface area contributed by atoms with Gasteiger partial charge in [-0.05, 0) is 24.5 Å². The van der Waals surface area contributed by atoms with E-state index < -0.39 is 5.41 Å². The van der Waals surface area contributed by atoms with Crippen LogP contribution in [0.4, 0.5) is 0 Å². The maximum Gasteiger partial charge on any atom is 0.238 e. The molecule has 22 heavy (non-hydrogen) atoms. The molecule has 1 aliphatic carbocycles. The van der Waals surface area contributed by atoms with Gasteiger partial charge in [-0.15, -0.1) is 0 Å². The second-order valence-corrected chi connectivity index (χ2v) is 6.17. The first kappa shape index (κ1) is 15.3. The normalized spacial score (nSPS) is 19.6. The molecule has 2 fully saturated rings. The van der Waals surface area contributed by atoms with Crippen molar-refractivity contribution in [2.45, 2.75) is 19.4 Å². The smallest absolute Gasteiger partial charge is 0.238 e. The Labute approximate surface area is 134 Å². The molecule has 1 aromatic carbocycles.